The molecule has 2 rings (SSSR count). The van der Waals surface area contributed by atoms with Crippen LogP contribution < -0.4 is 10.6 Å². The molecule has 0 unspecified atom stereocenters. The fourth-order valence-corrected chi connectivity index (χ4v) is 1.40. The van der Waals surface area contributed by atoms with Crippen LogP contribution in [0.1, 0.15) is 19.9 Å². The average Bonchev–Trinajstić information content (AvgIpc) is 2.48. The standard InChI is InChI=1S/C10H16N4O/c1-7(2)14-6-9(5-12-14)13-10(15)8-3-11-4-8/h5-8,11H,3-4H2,1-2H3,(H,13,15). The van der Waals surface area contributed by atoms with Gasteiger partial charge in [-0.25, -0.2) is 0 Å². The van der Waals surface area contributed by atoms with E-state index in [0.717, 1.165) is 18.8 Å². The van der Waals surface area contributed by atoms with E-state index in [1.54, 1.807) is 6.20 Å². The molecule has 1 saturated heterocycles. The van der Waals surface area contributed by atoms with Gasteiger partial charge in [0.2, 0.25) is 5.91 Å². The highest BCUT2D eigenvalue weighted by Gasteiger charge is 2.24. The van der Waals surface area contributed by atoms with Crippen molar-refractivity contribution >= 4 is 11.6 Å². The Morgan fingerprint density at radius 3 is 2.87 bits per heavy atom. The van der Waals surface area contributed by atoms with Gasteiger partial charge in [0.15, 0.2) is 0 Å². The van der Waals surface area contributed by atoms with Crippen molar-refractivity contribution in [1.82, 2.24) is 15.1 Å². The molecule has 1 aromatic rings. The molecule has 1 aliphatic rings. The summed E-state index contributed by atoms with van der Waals surface area (Å²) in [4.78, 5) is 11.6. The summed E-state index contributed by atoms with van der Waals surface area (Å²) < 4.78 is 1.83. The van der Waals surface area contributed by atoms with Gasteiger partial charge in [-0.1, -0.05) is 0 Å². The van der Waals surface area contributed by atoms with E-state index >= 15 is 0 Å². The van der Waals surface area contributed by atoms with Gasteiger partial charge in [0.05, 0.1) is 17.8 Å². The highest BCUT2D eigenvalue weighted by atomic mass is 16.2. The highest BCUT2D eigenvalue weighted by Crippen LogP contribution is 2.12. The van der Waals surface area contributed by atoms with Crippen LogP contribution in [0, 0.1) is 5.92 Å². The molecule has 1 amide bonds. The van der Waals surface area contributed by atoms with Crippen molar-refractivity contribution in [2.45, 2.75) is 19.9 Å². The van der Waals surface area contributed by atoms with Gasteiger partial charge in [0.25, 0.3) is 0 Å². The largest absolute Gasteiger partial charge is 0.323 e. The van der Waals surface area contributed by atoms with Crippen LogP contribution in [0.15, 0.2) is 12.4 Å². The molecule has 5 nitrogen and oxygen atoms in total. The summed E-state index contributed by atoms with van der Waals surface area (Å²) in [5, 5.41) is 10.1. The summed E-state index contributed by atoms with van der Waals surface area (Å²) in [6.45, 7) is 5.66. The predicted molar refractivity (Wildman–Crippen MR) is 57.6 cm³/mol. The molecule has 1 aliphatic heterocycles. The summed E-state index contributed by atoms with van der Waals surface area (Å²) in [5.41, 5.74) is 0.778. The van der Waals surface area contributed by atoms with Crippen molar-refractivity contribution in [1.29, 1.82) is 0 Å². The number of nitrogens with one attached hydrogen (secondary N) is 2. The lowest BCUT2D eigenvalue weighted by molar-refractivity contribution is -0.121. The van der Waals surface area contributed by atoms with Gasteiger partial charge in [-0.3, -0.25) is 9.48 Å². The summed E-state index contributed by atoms with van der Waals surface area (Å²) in [6, 6.07) is 0.320. The molecule has 5 heteroatoms. The summed E-state index contributed by atoms with van der Waals surface area (Å²) >= 11 is 0. The molecule has 0 spiro atoms. The smallest absolute Gasteiger partial charge is 0.230 e. The number of amides is 1. The van der Waals surface area contributed by atoms with E-state index < -0.39 is 0 Å². The normalized spacial score (nSPS) is 16.5. The zero-order valence-corrected chi connectivity index (χ0v) is 9.03. The minimum Gasteiger partial charge on any atom is -0.323 e. The Labute approximate surface area is 88.8 Å². The van der Waals surface area contributed by atoms with Crippen LogP contribution in [0.2, 0.25) is 0 Å². The van der Waals surface area contributed by atoms with Crippen LogP contribution in [0.3, 0.4) is 0 Å². The van der Waals surface area contributed by atoms with Crippen molar-refractivity contribution in [3.63, 3.8) is 0 Å². The zero-order chi connectivity index (χ0) is 10.8. The van der Waals surface area contributed by atoms with E-state index in [1.807, 2.05) is 10.9 Å². The Hall–Kier alpha value is -1.36. The van der Waals surface area contributed by atoms with Crippen LogP contribution in [-0.2, 0) is 4.79 Å². The van der Waals surface area contributed by atoms with E-state index in [1.165, 1.54) is 0 Å². The maximum atomic E-state index is 11.6. The molecular formula is C10H16N4O. The van der Waals surface area contributed by atoms with Gasteiger partial charge in [-0.2, -0.15) is 5.10 Å². The van der Waals surface area contributed by atoms with Crippen molar-refractivity contribution in [3.05, 3.63) is 12.4 Å². The van der Waals surface area contributed by atoms with Crippen molar-refractivity contribution in [2.75, 3.05) is 18.4 Å². The molecule has 0 aromatic carbocycles. The van der Waals surface area contributed by atoms with Crippen molar-refractivity contribution < 1.29 is 4.79 Å². The molecular weight excluding hydrogens is 192 g/mol. The monoisotopic (exact) mass is 208 g/mol. The highest BCUT2D eigenvalue weighted by molar-refractivity contribution is 5.93. The SMILES string of the molecule is CC(C)n1cc(NC(=O)C2CNC2)cn1. The fourth-order valence-electron chi connectivity index (χ4n) is 1.40. The summed E-state index contributed by atoms with van der Waals surface area (Å²) in [6.07, 6.45) is 3.54. The van der Waals surface area contributed by atoms with Crippen LogP contribution >= 0.6 is 0 Å². The molecule has 1 aromatic heterocycles. The average molecular weight is 208 g/mol. The molecule has 0 bridgehead atoms. The number of anilines is 1. The Morgan fingerprint density at radius 1 is 1.67 bits per heavy atom. The first-order valence-electron chi connectivity index (χ1n) is 5.22. The quantitative estimate of drug-likeness (QED) is 0.765. The molecule has 82 valence electrons. The molecule has 0 aliphatic carbocycles. The second kappa shape index (κ2) is 4.02. The zero-order valence-electron chi connectivity index (χ0n) is 9.03. The Bertz CT molecular complexity index is 354. The number of carbonyl (C=O) groups is 1. The first-order valence-corrected chi connectivity index (χ1v) is 5.22. The van der Waals surface area contributed by atoms with E-state index in [-0.39, 0.29) is 11.8 Å². The maximum Gasteiger partial charge on any atom is 0.230 e. The number of carbonyl (C=O) groups excluding carboxylic acids is 1. The van der Waals surface area contributed by atoms with Gasteiger partial charge in [0.1, 0.15) is 0 Å². The van der Waals surface area contributed by atoms with Crippen LogP contribution in [0.4, 0.5) is 5.69 Å². The van der Waals surface area contributed by atoms with E-state index in [9.17, 15) is 4.79 Å². The number of nitrogens with zero attached hydrogens (tertiary/aromatic N) is 2. The fraction of sp³-hybridized carbons (Fsp3) is 0.600. The third kappa shape index (κ3) is 2.18. The molecule has 0 saturated carbocycles. The Kier molecular flexibility index (Phi) is 2.73. The number of aromatic nitrogens is 2. The van der Waals surface area contributed by atoms with E-state index in [4.69, 9.17) is 0 Å². The Morgan fingerprint density at radius 2 is 2.40 bits per heavy atom. The van der Waals surface area contributed by atoms with Crippen LogP contribution in [-0.4, -0.2) is 28.8 Å². The lowest BCUT2D eigenvalue weighted by Gasteiger charge is -2.25. The third-order valence-corrected chi connectivity index (χ3v) is 2.55. The number of hydrogen-bond acceptors (Lipinski definition) is 3. The van der Waals surface area contributed by atoms with Gasteiger partial charge in [0, 0.05) is 25.3 Å². The summed E-state index contributed by atoms with van der Waals surface area (Å²) in [5.74, 6) is 0.199. The van der Waals surface area contributed by atoms with Gasteiger partial charge in [-0.15, -0.1) is 0 Å². The van der Waals surface area contributed by atoms with Crippen LogP contribution in [0.25, 0.3) is 0 Å². The lowest BCUT2D eigenvalue weighted by Crippen LogP contribution is -2.48. The molecule has 2 N–H and O–H groups in total. The molecule has 15 heavy (non-hydrogen) atoms. The first kappa shape index (κ1) is 10.2. The maximum absolute atomic E-state index is 11.6. The van der Waals surface area contributed by atoms with Gasteiger partial charge < -0.3 is 10.6 Å². The second-order valence-electron chi connectivity index (χ2n) is 4.15. The predicted octanol–water partition coefficient (Wildman–Crippen LogP) is 0.622. The van der Waals surface area contributed by atoms with Crippen molar-refractivity contribution in [2.24, 2.45) is 5.92 Å². The van der Waals surface area contributed by atoms with Gasteiger partial charge in [-0.05, 0) is 13.8 Å². The van der Waals surface area contributed by atoms with E-state index in [2.05, 4.69) is 29.6 Å². The minimum atomic E-state index is 0.0806. The summed E-state index contributed by atoms with van der Waals surface area (Å²) in [7, 11) is 0. The second-order valence-corrected chi connectivity index (χ2v) is 4.15. The third-order valence-electron chi connectivity index (χ3n) is 2.55. The van der Waals surface area contributed by atoms with Gasteiger partial charge >= 0.3 is 0 Å². The first-order chi connectivity index (χ1) is 7.16. The number of hydrogen-bond donors (Lipinski definition) is 2. The molecule has 0 atom stereocenters. The lowest BCUT2D eigenvalue weighted by atomic mass is 10.0. The minimum absolute atomic E-state index is 0.0806. The molecule has 0 radical (unpaired) electrons. The Balaban J connectivity index is 1.95. The molecule has 2 heterocycles. The van der Waals surface area contributed by atoms with Crippen molar-refractivity contribution in [3.8, 4) is 0 Å². The topological polar surface area (TPSA) is 59.0 Å². The number of rotatable bonds is 3. The van der Waals surface area contributed by atoms with Crippen LogP contribution in [0.5, 0.6) is 0 Å². The van der Waals surface area contributed by atoms with E-state index in [0.29, 0.717) is 6.04 Å². The molecule has 1 fully saturated rings.